The van der Waals surface area contributed by atoms with Crippen LogP contribution in [0.25, 0.3) is 0 Å². The molecule has 2 aromatic rings. The van der Waals surface area contributed by atoms with E-state index in [-0.39, 0.29) is 17.5 Å². The Labute approximate surface area is 194 Å². The Morgan fingerprint density at radius 3 is 2.45 bits per heavy atom. The van der Waals surface area contributed by atoms with Crippen molar-refractivity contribution in [1.82, 2.24) is 5.32 Å². The number of Topliss-reactive ketones (excluding diaryl/α,β-unsaturated/α-hetero) is 1. The molecule has 0 heterocycles. The molecule has 0 amide bonds. The molecule has 1 saturated carbocycles. The van der Waals surface area contributed by atoms with E-state index in [4.69, 9.17) is 19.6 Å². The average Bonchev–Trinajstić information content (AvgIpc) is 3.67. The van der Waals surface area contributed by atoms with Gasteiger partial charge in [-0.05, 0) is 55.0 Å². The van der Waals surface area contributed by atoms with E-state index >= 15 is 0 Å². The van der Waals surface area contributed by atoms with Gasteiger partial charge in [-0.15, -0.1) is 0 Å². The molecule has 0 saturated heterocycles. The van der Waals surface area contributed by atoms with E-state index in [0.717, 1.165) is 24.0 Å². The fraction of sp³-hybridized carbons (Fsp3) is 0.385. The van der Waals surface area contributed by atoms with E-state index < -0.39 is 5.92 Å². The van der Waals surface area contributed by atoms with Gasteiger partial charge >= 0.3 is 0 Å². The molecular formula is C26H32N2O5. The summed E-state index contributed by atoms with van der Waals surface area (Å²) < 4.78 is 16.3. The quantitative estimate of drug-likeness (QED) is 0.333. The molecule has 176 valence electrons. The molecule has 1 atom stereocenters. The molecular weight excluding hydrogens is 420 g/mol. The second-order valence-corrected chi connectivity index (χ2v) is 8.15. The Bertz CT molecular complexity index is 1040. The van der Waals surface area contributed by atoms with Crippen LogP contribution in [0, 0.1) is 17.2 Å². The second kappa shape index (κ2) is 10.9. The van der Waals surface area contributed by atoms with Crippen molar-refractivity contribution < 1.29 is 24.1 Å². The van der Waals surface area contributed by atoms with Gasteiger partial charge in [-0.2, -0.15) is 0 Å². The third kappa shape index (κ3) is 5.86. The van der Waals surface area contributed by atoms with Gasteiger partial charge in [0.1, 0.15) is 11.5 Å². The number of phenols is 1. The SMILES string of the molecule is CN/C(=C\C(=N)C1CC1)C(=O)C(Cc1ccc(OC)cc1OC)Cc1cccc(O)c1OC. The summed E-state index contributed by atoms with van der Waals surface area (Å²) in [5, 5.41) is 21.5. The minimum absolute atomic E-state index is 0.0307. The summed E-state index contributed by atoms with van der Waals surface area (Å²) in [6.07, 6.45) is 4.39. The second-order valence-electron chi connectivity index (χ2n) is 8.15. The van der Waals surface area contributed by atoms with Gasteiger partial charge in [0.05, 0.1) is 27.0 Å². The van der Waals surface area contributed by atoms with Gasteiger partial charge in [-0.3, -0.25) is 4.79 Å². The van der Waals surface area contributed by atoms with Crippen LogP contribution in [0.15, 0.2) is 48.2 Å². The van der Waals surface area contributed by atoms with E-state index in [1.165, 1.54) is 7.11 Å². The lowest BCUT2D eigenvalue weighted by Gasteiger charge is -2.21. The molecule has 1 unspecified atom stereocenters. The first-order valence-corrected chi connectivity index (χ1v) is 11.0. The number of likely N-dealkylation sites (N-methyl/N-ethyl adjacent to an activating group) is 1. The minimum Gasteiger partial charge on any atom is -0.504 e. The summed E-state index contributed by atoms with van der Waals surface area (Å²) in [6, 6.07) is 10.7. The predicted octanol–water partition coefficient (Wildman–Crippen LogP) is 3.92. The third-order valence-corrected chi connectivity index (χ3v) is 5.93. The Balaban J connectivity index is 1.98. The molecule has 7 heteroatoms. The largest absolute Gasteiger partial charge is 0.504 e. The maximum atomic E-state index is 13.7. The summed E-state index contributed by atoms with van der Waals surface area (Å²) >= 11 is 0. The molecule has 0 radical (unpaired) electrons. The summed E-state index contributed by atoms with van der Waals surface area (Å²) in [5.74, 6) is 1.35. The van der Waals surface area contributed by atoms with Crippen molar-refractivity contribution in [3.63, 3.8) is 0 Å². The number of benzene rings is 2. The number of ether oxygens (including phenoxy) is 3. The number of hydrogen-bond donors (Lipinski definition) is 3. The molecule has 1 fully saturated rings. The average molecular weight is 453 g/mol. The molecule has 33 heavy (non-hydrogen) atoms. The highest BCUT2D eigenvalue weighted by Gasteiger charge is 2.29. The summed E-state index contributed by atoms with van der Waals surface area (Å²) in [4.78, 5) is 13.7. The van der Waals surface area contributed by atoms with Crippen LogP contribution in [-0.4, -0.2) is 45.0 Å². The number of para-hydroxylation sites is 1. The number of hydrogen-bond acceptors (Lipinski definition) is 7. The molecule has 1 aliphatic carbocycles. The number of phenolic OH excluding ortho intramolecular Hbond substituents is 1. The van der Waals surface area contributed by atoms with Crippen molar-refractivity contribution in [3.05, 3.63) is 59.3 Å². The molecule has 3 rings (SSSR count). The van der Waals surface area contributed by atoms with Gasteiger partial charge < -0.3 is 30.0 Å². The third-order valence-electron chi connectivity index (χ3n) is 5.93. The van der Waals surface area contributed by atoms with Crippen LogP contribution in [0.1, 0.15) is 24.0 Å². The number of ketones is 1. The number of allylic oxidation sites excluding steroid dienone is 2. The molecule has 0 aliphatic heterocycles. The smallest absolute Gasteiger partial charge is 0.182 e. The van der Waals surface area contributed by atoms with Crippen LogP contribution in [-0.2, 0) is 17.6 Å². The highest BCUT2D eigenvalue weighted by Crippen LogP contribution is 2.35. The van der Waals surface area contributed by atoms with Gasteiger partial charge in [-0.25, -0.2) is 0 Å². The summed E-state index contributed by atoms with van der Waals surface area (Å²) in [7, 11) is 6.37. The maximum Gasteiger partial charge on any atom is 0.182 e. The fourth-order valence-corrected chi connectivity index (χ4v) is 3.93. The lowest BCUT2D eigenvalue weighted by Crippen LogP contribution is -2.28. The molecule has 2 aromatic carbocycles. The Morgan fingerprint density at radius 2 is 1.85 bits per heavy atom. The lowest BCUT2D eigenvalue weighted by molar-refractivity contribution is -0.119. The van der Waals surface area contributed by atoms with Crippen LogP contribution in [0.4, 0.5) is 0 Å². The van der Waals surface area contributed by atoms with E-state index in [2.05, 4.69) is 5.32 Å². The number of rotatable bonds is 12. The zero-order valence-corrected chi connectivity index (χ0v) is 19.6. The summed E-state index contributed by atoms with van der Waals surface area (Å²) in [5.41, 5.74) is 2.48. The lowest BCUT2D eigenvalue weighted by atomic mass is 9.86. The number of carbonyl (C=O) groups is 1. The van der Waals surface area contributed by atoms with Crippen LogP contribution >= 0.6 is 0 Å². The number of carbonyl (C=O) groups excluding carboxylic acids is 1. The maximum absolute atomic E-state index is 13.7. The van der Waals surface area contributed by atoms with Gasteiger partial charge in [0.25, 0.3) is 0 Å². The van der Waals surface area contributed by atoms with Gasteiger partial charge in [0.2, 0.25) is 0 Å². The van der Waals surface area contributed by atoms with Crippen LogP contribution < -0.4 is 19.5 Å². The van der Waals surface area contributed by atoms with Gasteiger partial charge in [0, 0.05) is 30.7 Å². The molecule has 0 aromatic heterocycles. The molecule has 3 N–H and O–H groups in total. The molecule has 1 aliphatic rings. The Morgan fingerprint density at radius 1 is 1.12 bits per heavy atom. The van der Waals surface area contributed by atoms with Crippen LogP contribution in [0.2, 0.25) is 0 Å². The van der Waals surface area contributed by atoms with Gasteiger partial charge in [-0.1, -0.05) is 18.2 Å². The monoisotopic (exact) mass is 452 g/mol. The first kappa shape index (κ1) is 24.2. The first-order valence-electron chi connectivity index (χ1n) is 11.0. The highest BCUT2D eigenvalue weighted by atomic mass is 16.5. The normalized spacial score (nSPS) is 14.4. The standard InChI is InChI=1S/C26H32N2O5/c1-28-22(15-21(27)16-8-9-16)25(30)19(13-18-6-5-7-23(29)26(18)33-4)12-17-10-11-20(31-2)14-24(17)32-3/h5-7,10-11,14-16,19,27-29H,8-9,12-13H2,1-4H3/b22-15-,27-21?. The van der Waals surface area contributed by atoms with Crippen molar-refractivity contribution in [2.24, 2.45) is 11.8 Å². The van der Waals surface area contributed by atoms with Crippen molar-refractivity contribution in [2.75, 3.05) is 28.4 Å². The van der Waals surface area contributed by atoms with E-state index in [1.54, 1.807) is 45.5 Å². The molecule has 7 nitrogen and oxygen atoms in total. The van der Waals surface area contributed by atoms with E-state index in [9.17, 15) is 9.90 Å². The zero-order chi connectivity index (χ0) is 24.0. The minimum atomic E-state index is -0.478. The van der Waals surface area contributed by atoms with Crippen LogP contribution in [0.5, 0.6) is 23.0 Å². The van der Waals surface area contributed by atoms with E-state index in [0.29, 0.717) is 41.5 Å². The van der Waals surface area contributed by atoms with Crippen molar-refractivity contribution in [3.8, 4) is 23.0 Å². The van der Waals surface area contributed by atoms with E-state index in [1.807, 2.05) is 18.2 Å². The van der Waals surface area contributed by atoms with Crippen molar-refractivity contribution >= 4 is 11.5 Å². The zero-order valence-electron chi connectivity index (χ0n) is 19.6. The predicted molar refractivity (Wildman–Crippen MR) is 128 cm³/mol. The fourth-order valence-electron chi connectivity index (χ4n) is 3.93. The molecule has 0 bridgehead atoms. The Hall–Kier alpha value is -3.48. The van der Waals surface area contributed by atoms with Crippen molar-refractivity contribution in [1.29, 1.82) is 5.41 Å². The highest BCUT2D eigenvalue weighted by molar-refractivity contribution is 6.05. The number of nitrogens with one attached hydrogen (secondary N) is 2. The van der Waals surface area contributed by atoms with Crippen LogP contribution in [0.3, 0.4) is 0 Å². The molecule has 0 spiro atoms. The van der Waals surface area contributed by atoms with Crippen molar-refractivity contribution in [2.45, 2.75) is 25.7 Å². The first-order chi connectivity index (χ1) is 15.9. The number of aromatic hydroxyl groups is 1. The number of methoxy groups -OCH3 is 3. The summed E-state index contributed by atoms with van der Waals surface area (Å²) in [6.45, 7) is 0. The Kier molecular flexibility index (Phi) is 7.98. The topological polar surface area (TPSA) is 101 Å². The van der Waals surface area contributed by atoms with Gasteiger partial charge in [0.15, 0.2) is 17.3 Å².